The molecule has 5 nitrogen and oxygen atoms in total. The van der Waals surface area contributed by atoms with E-state index in [1.54, 1.807) is 0 Å². The first-order valence-corrected chi connectivity index (χ1v) is 5.55. The second-order valence-electron chi connectivity index (χ2n) is 3.01. The number of thiazole rings is 1. The van der Waals surface area contributed by atoms with Crippen LogP contribution in [0, 0.1) is 23.7 Å². The molecule has 1 heterocycles. The van der Waals surface area contributed by atoms with Crippen LogP contribution >= 0.6 is 11.3 Å². The molecule has 0 unspecified atom stereocenters. The maximum absolute atomic E-state index is 12.4. The fourth-order valence-electron chi connectivity index (χ4n) is 1.24. The van der Waals surface area contributed by atoms with Crippen LogP contribution in [0.3, 0.4) is 0 Å². The predicted molar refractivity (Wildman–Crippen MR) is 69.7 cm³/mol. The first-order valence-electron chi connectivity index (χ1n) is 4.73. The van der Waals surface area contributed by atoms with E-state index < -0.39 is 11.7 Å². The van der Waals surface area contributed by atoms with Crippen molar-refractivity contribution in [2.45, 2.75) is 6.18 Å². The van der Waals surface area contributed by atoms with Gasteiger partial charge in [0.1, 0.15) is 5.01 Å². The number of hydrogen-bond donors (Lipinski definition) is 1. The van der Waals surface area contributed by atoms with Crippen LogP contribution in [0.2, 0.25) is 0 Å². The van der Waals surface area contributed by atoms with Crippen LogP contribution in [-0.4, -0.2) is 11.2 Å². The van der Waals surface area contributed by atoms with Gasteiger partial charge in [0.15, 0.2) is 0 Å². The molecule has 9 heteroatoms. The maximum Gasteiger partial charge on any atom is 0.416 e. The van der Waals surface area contributed by atoms with E-state index in [1.807, 2.05) is 0 Å². The number of nitrogens with two attached hydrogens (primary N) is 1. The van der Waals surface area contributed by atoms with E-state index in [0.717, 1.165) is 23.5 Å². The topological polar surface area (TPSA) is 98.8 Å². The van der Waals surface area contributed by atoms with Crippen molar-refractivity contribution in [3.63, 3.8) is 0 Å². The Hall–Kier alpha value is -2.65. The van der Waals surface area contributed by atoms with Gasteiger partial charge in [0.2, 0.25) is 0 Å². The summed E-state index contributed by atoms with van der Waals surface area (Å²) in [6, 6.07) is 3.41. The second kappa shape index (κ2) is 7.71. The standard InChI is InChI=1S/C9H6F3N3S.2CHN/c10-9(11,12)5-1-2-6-7(3-5)16-8(15-6)4-14-13;2*1-2/h1-4H,13H2;2*1H. The lowest BCUT2D eigenvalue weighted by atomic mass is 10.2. The zero-order chi connectivity index (χ0) is 15.8. The van der Waals surface area contributed by atoms with Gasteiger partial charge in [-0.15, -0.1) is 11.3 Å². The van der Waals surface area contributed by atoms with E-state index in [9.17, 15) is 13.2 Å². The van der Waals surface area contributed by atoms with Crippen molar-refractivity contribution in [2.75, 3.05) is 0 Å². The summed E-state index contributed by atoms with van der Waals surface area (Å²) in [6.07, 6.45) is -3.03. The minimum atomic E-state index is -4.33. The molecule has 2 aromatic rings. The van der Waals surface area contributed by atoms with Gasteiger partial charge in [0.25, 0.3) is 0 Å². The molecule has 20 heavy (non-hydrogen) atoms. The maximum atomic E-state index is 12.4. The number of aromatic nitrogens is 1. The van der Waals surface area contributed by atoms with Crippen molar-refractivity contribution >= 4 is 27.8 Å². The molecule has 104 valence electrons. The van der Waals surface area contributed by atoms with E-state index in [2.05, 4.69) is 23.2 Å². The Balaban J connectivity index is 0.000000829. The van der Waals surface area contributed by atoms with Crippen molar-refractivity contribution in [1.82, 2.24) is 4.98 Å². The number of halogens is 3. The SMILES string of the molecule is C#N.C#N.NN=Cc1nc2ccc(C(F)(F)F)cc2s1. The molecule has 2 N–H and O–H groups in total. The van der Waals surface area contributed by atoms with Crippen LogP contribution < -0.4 is 5.84 Å². The Kier molecular flexibility index (Phi) is 6.69. The predicted octanol–water partition coefficient (Wildman–Crippen LogP) is 2.89. The molecule has 1 aromatic carbocycles. The highest BCUT2D eigenvalue weighted by atomic mass is 32.1. The summed E-state index contributed by atoms with van der Waals surface area (Å²) >= 11 is 1.11. The summed E-state index contributed by atoms with van der Waals surface area (Å²) < 4.78 is 37.7. The van der Waals surface area contributed by atoms with Gasteiger partial charge in [0.05, 0.1) is 22.0 Å². The Morgan fingerprint density at radius 3 is 2.35 bits per heavy atom. The monoisotopic (exact) mass is 299 g/mol. The third-order valence-electron chi connectivity index (χ3n) is 1.92. The quantitative estimate of drug-likeness (QED) is 0.497. The summed E-state index contributed by atoms with van der Waals surface area (Å²) in [5.74, 6) is 4.94. The molecule has 1 aromatic heterocycles. The van der Waals surface area contributed by atoms with E-state index >= 15 is 0 Å². The van der Waals surface area contributed by atoms with E-state index in [1.165, 1.54) is 12.3 Å². The molecule has 0 radical (unpaired) electrons. The number of nitriles is 2. The van der Waals surface area contributed by atoms with Gasteiger partial charge >= 0.3 is 6.18 Å². The van der Waals surface area contributed by atoms with Gasteiger partial charge in [-0.25, -0.2) is 15.5 Å². The Morgan fingerprint density at radius 1 is 1.25 bits per heavy atom. The van der Waals surface area contributed by atoms with Gasteiger partial charge in [-0.1, -0.05) is 0 Å². The van der Waals surface area contributed by atoms with Crippen molar-refractivity contribution in [3.05, 3.63) is 28.8 Å². The normalized spacial score (nSPS) is 10.3. The zero-order valence-electron chi connectivity index (χ0n) is 9.87. The first kappa shape index (κ1) is 17.4. The molecule has 2 rings (SSSR count). The van der Waals surface area contributed by atoms with Crippen molar-refractivity contribution in [2.24, 2.45) is 10.9 Å². The lowest BCUT2D eigenvalue weighted by molar-refractivity contribution is -0.137. The Bertz CT molecular complexity index is 621. The highest BCUT2D eigenvalue weighted by molar-refractivity contribution is 7.20. The molecule has 0 aliphatic heterocycles. The minimum Gasteiger partial charge on any atom is -0.323 e. The summed E-state index contributed by atoms with van der Waals surface area (Å²) in [5.41, 5.74) is -0.173. The Morgan fingerprint density at radius 2 is 1.85 bits per heavy atom. The van der Waals surface area contributed by atoms with Gasteiger partial charge in [-0.2, -0.15) is 18.3 Å². The van der Waals surface area contributed by atoms with Crippen LogP contribution in [0.5, 0.6) is 0 Å². The van der Waals surface area contributed by atoms with Crippen LogP contribution in [0.15, 0.2) is 23.3 Å². The number of hydrogen-bond acceptors (Lipinski definition) is 6. The summed E-state index contributed by atoms with van der Waals surface area (Å²) in [7, 11) is 0. The molecule has 0 aliphatic carbocycles. The molecule has 0 spiro atoms. The van der Waals surface area contributed by atoms with Crippen LogP contribution in [0.1, 0.15) is 10.6 Å². The number of rotatable bonds is 1. The minimum absolute atomic E-state index is 0.463. The average Bonchev–Trinajstić information content (AvgIpc) is 2.84. The van der Waals surface area contributed by atoms with Crippen LogP contribution in [0.25, 0.3) is 10.2 Å². The van der Waals surface area contributed by atoms with E-state index in [0.29, 0.717) is 15.2 Å². The third-order valence-corrected chi connectivity index (χ3v) is 2.87. The molecule has 0 bridgehead atoms. The Labute approximate surface area is 116 Å². The summed E-state index contributed by atoms with van der Waals surface area (Å²) in [4.78, 5) is 4.05. The van der Waals surface area contributed by atoms with Crippen molar-refractivity contribution in [1.29, 1.82) is 10.5 Å². The third kappa shape index (κ3) is 4.23. The second-order valence-corrected chi connectivity index (χ2v) is 4.07. The molecule has 0 atom stereocenters. The van der Waals surface area contributed by atoms with Gasteiger partial charge in [0, 0.05) is 13.1 Å². The van der Waals surface area contributed by atoms with Crippen LogP contribution in [0.4, 0.5) is 13.2 Å². The first-order chi connectivity index (χ1) is 9.50. The highest BCUT2D eigenvalue weighted by Gasteiger charge is 2.30. The van der Waals surface area contributed by atoms with E-state index in [-0.39, 0.29) is 0 Å². The number of fused-ring (bicyclic) bond motifs is 1. The van der Waals surface area contributed by atoms with Gasteiger partial charge < -0.3 is 5.84 Å². The highest BCUT2D eigenvalue weighted by Crippen LogP contribution is 2.32. The summed E-state index contributed by atoms with van der Waals surface area (Å²) in [6.45, 7) is 7.00. The van der Waals surface area contributed by atoms with E-state index in [4.69, 9.17) is 16.4 Å². The van der Waals surface area contributed by atoms with Gasteiger partial charge in [-0.05, 0) is 18.2 Å². The molecule has 0 saturated heterocycles. The molecule has 0 fully saturated rings. The average molecular weight is 299 g/mol. The molecule has 0 aliphatic rings. The number of hydrazone groups is 1. The largest absolute Gasteiger partial charge is 0.416 e. The smallest absolute Gasteiger partial charge is 0.323 e. The van der Waals surface area contributed by atoms with Gasteiger partial charge in [-0.3, -0.25) is 0 Å². The zero-order valence-corrected chi connectivity index (χ0v) is 10.7. The number of alkyl halides is 3. The molecule has 0 saturated carbocycles. The lowest BCUT2D eigenvalue weighted by Crippen LogP contribution is -2.03. The van der Waals surface area contributed by atoms with Crippen LogP contribution in [-0.2, 0) is 6.18 Å². The van der Waals surface area contributed by atoms with Crippen molar-refractivity contribution < 1.29 is 13.2 Å². The van der Waals surface area contributed by atoms with Crippen molar-refractivity contribution in [3.8, 4) is 13.1 Å². The number of nitrogens with zero attached hydrogens (tertiary/aromatic N) is 4. The fourth-order valence-corrected chi connectivity index (χ4v) is 2.12. The summed E-state index contributed by atoms with van der Waals surface area (Å²) in [5, 5.41) is 16.8. The molecular weight excluding hydrogens is 291 g/mol. The molecule has 0 amide bonds. The number of benzene rings is 1. The fraction of sp³-hybridized carbons (Fsp3) is 0.0909. The lowest BCUT2D eigenvalue weighted by Gasteiger charge is -2.04. The molecular formula is C11H8F3N5S.